The first kappa shape index (κ1) is 14.1. The summed E-state index contributed by atoms with van der Waals surface area (Å²) in [5.74, 6) is 0.441. The Balaban J connectivity index is 2.03. The average Bonchev–Trinajstić information content (AvgIpc) is 2.49. The first-order valence-corrected chi connectivity index (χ1v) is 7.38. The molecule has 0 bridgehead atoms. The predicted octanol–water partition coefficient (Wildman–Crippen LogP) is 2.60. The minimum Gasteiger partial charge on any atom is -0.380 e. The van der Waals surface area contributed by atoms with Crippen molar-refractivity contribution in [3.63, 3.8) is 0 Å². The first-order chi connectivity index (χ1) is 10.2. The van der Waals surface area contributed by atoms with E-state index in [0.717, 1.165) is 37.0 Å². The Morgan fingerprint density at radius 1 is 1.29 bits per heavy atom. The summed E-state index contributed by atoms with van der Waals surface area (Å²) in [4.78, 5) is 6.29. The largest absolute Gasteiger partial charge is 0.380 e. The van der Waals surface area contributed by atoms with Crippen molar-refractivity contribution < 1.29 is 4.39 Å². The maximum atomic E-state index is 14.3. The second-order valence-corrected chi connectivity index (χ2v) is 5.72. The molecule has 1 aliphatic rings. The van der Waals surface area contributed by atoms with Crippen LogP contribution in [0.2, 0.25) is 0 Å². The highest BCUT2D eigenvalue weighted by Gasteiger charge is 2.17. The van der Waals surface area contributed by atoms with Crippen molar-refractivity contribution in [2.24, 2.45) is 0 Å². The molecule has 0 unspecified atom stereocenters. The molecule has 1 saturated heterocycles. The van der Waals surface area contributed by atoms with Crippen LogP contribution < -0.4 is 15.5 Å². The van der Waals surface area contributed by atoms with Gasteiger partial charge in [-0.1, -0.05) is 12.1 Å². The molecule has 2 aromatic rings. The average molecular weight is 288 g/mol. The molecular weight excluding hydrogens is 267 g/mol. The van der Waals surface area contributed by atoms with E-state index >= 15 is 0 Å². The van der Waals surface area contributed by atoms with Crippen LogP contribution in [0.5, 0.6) is 0 Å². The SMILES string of the molecule is CN(C)c1ncc(NC2CCNCC2)c2cccc(F)c12. The maximum Gasteiger partial charge on any atom is 0.139 e. The van der Waals surface area contributed by atoms with Crippen molar-refractivity contribution in [1.29, 1.82) is 0 Å². The fourth-order valence-electron chi connectivity index (χ4n) is 2.88. The van der Waals surface area contributed by atoms with Crippen LogP contribution in [0.4, 0.5) is 15.9 Å². The third kappa shape index (κ3) is 2.78. The maximum absolute atomic E-state index is 14.3. The van der Waals surface area contributed by atoms with E-state index in [1.807, 2.05) is 31.3 Å². The van der Waals surface area contributed by atoms with Gasteiger partial charge >= 0.3 is 0 Å². The summed E-state index contributed by atoms with van der Waals surface area (Å²) < 4.78 is 14.3. The Morgan fingerprint density at radius 3 is 2.76 bits per heavy atom. The Labute approximate surface area is 124 Å². The summed E-state index contributed by atoms with van der Waals surface area (Å²) >= 11 is 0. The molecule has 4 nitrogen and oxygen atoms in total. The number of nitrogens with one attached hydrogen (secondary N) is 2. The van der Waals surface area contributed by atoms with E-state index in [1.165, 1.54) is 6.07 Å². The summed E-state index contributed by atoms with van der Waals surface area (Å²) in [7, 11) is 3.77. The van der Waals surface area contributed by atoms with Gasteiger partial charge < -0.3 is 15.5 Å². The number of hydrogen-bond donors (Lipinski definition) is 2. The van der Waals surface area contributed by atoms with Crippen molar-refractivity contribution in [3.05, 3.63) is 30.2 Å². The summed E-state index contributed by atoms with van der Waals surface area (Å²) in [6, 6.07) is 5.62. The van der Waals surface area contributed by atoms with Crippen molar-refractivity contribution in [2.75, 3.05) is 37.4 Å². The second-order valence-electron chi connectivity index (χ2n) is 5.72. The van der Waals surface area contributed by atoms with Gasteiger partial charge in [-0.3, -0.25) is 0 Å². The van der Waals surface area contributed by atoms with Crippen LogP contribution in [0.15, 0.2) is 24.4 Å². The second kappa shape index (κ2) is 5.85. The van der Waals surface area contributed by atoms with E-state index in [0.29, 0.717) is 17.2 Å². The number of benzene rings is 1. The molecule has 2 heterocycles. The minimum atomic E-state index is -0.224. The van der Waals surface area contributed by atoms with Crippen molar-refractivity contribution in [1.82, 2.24) is 10.3 Å². The molecule has 0 spiro atoms. The molecule has 1 fully saturated rings. The van der Waals surface area contributed by atoms with Gasteiger partial charge in [0, 0.05) is 25.5 Å². The number of fused-ring (bicyclic) bond motifs is 1. The summed E-state index contributed by atoms with van der Waals surface area (Å²) in [6.45, 7) is 2.04. The van der Waals surface area contributed by atoms with Gasteiger partial charge in [0.05, 0.1) is 17.3 Å². The summed E-state index contributed by atoms with van der Waals surface area (Å²) in [6.07, 6.45) is 3.97. The molecule has 0 atom stereocenters. The standard InChI is InChI=1S/C16H21FN4/c1-21(2)16-15-12(4-3-5-13(15)17)14(10-19-16)20-11-6-8-18-9-7-11/h3-5,10-11,18,20H,6-9H2,1-2H3. The summed E-state index contributed by atoms with van der Waals surface area (Å²) in [5.41, 5.74) is 0.919. The molecule has 0 aliphatic carbocycles. The van der Waals surface area contributed by atoms with E-state index < -0.39 is 0 Å². The number of pyridine rings is 1. The minimum absolute atomic E-state index is 0.224. The lowest BCUT2D eigenvalue weighted by molar-refractivity contribution is 0.479. The highest BCUT2D eigenvalue weighted by Crippen LogP contribution is 2.32. The third-order valence-corrected chi connectivity index (χ3v) is 3.97. The van der Waals surface area contributed by atoms with Gasteiger partial charge in [0.2, 0.25) is 0 Å². The number of rotatable bonds is 3. The monoisotopic (exact) mass is 288 g/mol. The van der Waals surface area contributed by atoms with Gasteiger partial charge in [-0.25, -0.2) is 9.37 Å². The van der Waals surface area contributed by atoms with Crippen LogP contribution in [-0.4, -0.2) is 38.2 Å². The van der Waals surface area contributed by atoms with E-state index in [-0.39, 0.29) is 5.82 Å². The van der Waals surface area contributed by atoms with Crippen LogP contribution in [0.25, 0.3) is 10.8 Å². The molecular formula is C16H21FN4. The number of piperidine rings is 1. The van der Waals surface area contributed by atoms with Crippen molar-refractivity contribution >= 4 is 22.3 Å². The van der Waals surface area contributed by atoms with Crippen LogP contribution in [0.3, 0.4) is 0 Å². The lowest BCUT2D eigenvalue weighted by atomic mass is 10.0. The van der Waals surface area contributed by atoms with Gasteiger partial charge in [0.1, 0.15) is 11.6 Å². The molecule has 0 saturated carbocycles. The Hall–Kier alpha value is -1.88. The smallest absolute Gasteiger partial charge is 0.139 e. The number of anilines is 2. The molecule has 5 heteroatoms. The van der Waals surface area contributed by atoms with Crippen molar-refractivity contribution in [3.8, 4) is 0 Å². The van der Waals surface area contributed by atoms with Gasteiger partial charge in [-0.05, 0) is 32.0 Å². The van der Waals surface area contributed by atoms with Gasteiger partial charge in [0.15, 0.2) is 0 Å². The Bertz CT molecular complexity index is 635. The van der Waals surface area contributed by atoms with E-state index in [1.54, 1.807) is 6.07 Å². The molecule has 0 radical (unpaired) electrons. The van der Waals surface area contributed by atoms with Gasteiger partial charge in [0.25, 0.3) is 0 Å². The molecule has 1 aromatic carbocycles. The molecule has 112 valence electrons. The zero-order valence-electron chi connectivity index (χ0n) is 12.5. The topological polar surface area (TPSA) is 40.2 Å². The fourth-order valence-corrected chi connectivity index (χ4v) is 2.88. The quantitative estimate of drug-likeness (QED) is 0.911. The Morgan fingerprint density at radius 2 is 2.05 bits per heavy atom. The molecule has 21 heavy (non-hydrogen) atoms. The highest BCUT2D eigenvalue weighted by molar-refractivity contribution is 6.00. The third-order valence-electron chi connectivity index (χ3n) is 3.97. The number of aromatic nitrogens is 1. The predicted molar refractivity (Wildman–Crippen MR) is 85.5 cm³/mol. The highest BCUT2D eigenvalue weighted by atomic mass is 19.1. The lowest BCUT2D eigenvalue weighted by Gasteiger charge is -2.26. The normalized spacial score (nSPS) is 16.1. The van der Waals surface area contributed by atoms with E-state index in [4.69, 9.17) is 0 Å². The lowest BCUT2D eigenvalue weighted by Crippen LogP contribution is -2.35. The van der Waals surface area contributed by atoms with Gasteiger partial charge in [-0.2, -0.15) is 0 Å². The van der Waals surface area contributed by atoms with Crippen LogP contribution in [-0.2, 0) is 0 Å². The number of hydrogen-bond acceptors (Lipinski definition) is 4. The zero-order valence-corrected chi connectivity index (χ0v) is 12.5. The number of halogens is 1. The van der Waals surface area contributed by atoms with Crippen LogP contribution in [0.1, 0.15) is 12.8 Å². The molecule has 2 N–H and O–H groups in total. The summed E-state index contributed by atoms with van der Waals surface area (Å²) in [5, 5.41) is 8.36. The van der Waals surface area contributed by atoms with E-state index in [9.17, 15) is 4.39 Å². The van der Waals surface area contributed by atoms with Crippen molar-refractivity contribution in [2.45, 2.75) is 18.9 Å². The van der Waals surface area contributed by atoms with Crippen LogP contribution in [0, 0.1) is 5.82 Å². The molecule has 0 amide bonds. The molecule has 1 aliphatic heterocycles. The Kier molecular flexibility index (Phi) is 3.92. The van der Waals surface area contributed by atoms with E-state index in [2.05, 4.69) is 15.6 Å². The fraction of sp³-hybridized carbons (Fsp3) is 0.438. The molecule has 1 aromatic heterocycles. The van der Waals surface area contributed by atoms with Gasteiger partial charge in [-0.15, -0.1) is 0 Å². The molecule has 3 rings (SSSR count). The first-order valence-electron chi connectivity index (χ1n) is 7.38. The number of nitrogens with zero attached hydrogens (tertiary/aromatic N) is 2. The zero-order chi connectivity index (χ0) is 14.8. The van der Waals surface area contributed by atoms with Crippen LogP contribution >= 0.6 is 0 Å².